The predicted molar refractivity (Wildman–Crippen MR) is 66.1 cm³/mol. The highest BCUT2D eigenvalue weighted by Gasteiger charge is 2.22. The zero-order chi connectivity index (χ0) is 12.7. The van der Waals surface area contributed by atoms with Gasteiger partial charge in [0, 0.05) is 13.5 Å². The molecule has 1 atom stereocenters. The van der Waals surface area contributed by atoms with E-state index in [0.29, 0.717) is 12.3 Å². The van der Waals surface area contributed by atoms with Gasteiger partial charge in [0.2, 0.25) is 5.91 Å². The highest BCUT2D eigenvalue weighted by molar-refractivity contribution is 7.99. The summed E-state index contributed by atoms with van der Waals surface area (Å²) in [5, 5.41) is 11.4. The van der Waals surface area contributed by atoms with Crippen LogP contribution in [0.5, 0.6) is 0 Å². The van der Waals surface area contributed by atoms with Crippen LogP contribution in [-0.4, -0.2) is 48.2 Å². The van der Waals surface area contributed by atoms with Crippen molar-refractivity contribution in [1.82, 2.24) is 5.32 Å². The van der Waals surface area contributed by atoms with Crippen molar-refractivity contribution in [1.29, 1.82) is 0 Å². The summed E-state index contributed by atoms with van der Waals surface area (Å²) in [6.07, 6.45) is 2.51. The van der Waals surface area contributed by atoms with Gasteiger partial charge >= 0.3 is 5.97 Å². The summed E-state index contributed by atoms with van der Waals surface area (Å²) in [4.78, 5) is 22.5. The number of amides is 1. The van der Waals surface area contributed by atoms with E-state index in [0.717, 1.165) is 24.3 Å². The van der Waals surface area contributed by atoms with Crippen LogP contribution in [0.1, 0.15) is 19.3 Å². The molecule has 0 radical (unpaired) electrons. The number of aliphatic carboxylic acids is 1. The standard InChI is InChI=1S/C11H19NO4S/c1-16-7-9(11(14)15)12-10(13)6-8-2-4-17-5-3-8/h8-9H,2-7H2,1H3,(H,12,13)(H,14,15). The van der Waals surface area contributed by atoms with Gasteiger partial charge in [-0.2, -0.15) is 11.8 Å². The second-order valence-electron chi connectivity index (χ2n) is 4.17. The predicted octanol–water partition coefficient (Wildman–Crippen LogP) is 0.735. The van der Waals surface area contributed by atoms with E-state index in [4.69, 9.17) is 9.84 Å². The first kappa shape index (κ1) is 14.3. The van der Waals surface area contributed by atoms with E-state index >= 15 is 0 Å². The summed E-state index contributed by atoms with van der Waals surface area (Å²) in [5.41, 5.74) is 0. The molecule has 0 aliphatic carbocycles. The molecule has 6 heteroatoms. The molecule has 0 spiro atoms. The molecule has 98 valence electrons. The average Bonchev–Trinajstić information content (AvgIpc) is 2.29. The Labute approximate surface area is 105 Å². The van der Waals surface area contributed by atoms with Gasteiger partial charge < -0.3 is 15.2 Å². The molecule has 0 bridgehead atoms. The van der Waals surface area contributed by atoms with E-state index in [9.17, 15) is 9.59 Å². The lowest BCUT2D eigenvalue weighted by molar-refractivity contribution is -0.143. The van der Waals surface area contributed by atoms with Gasteiger partial charge in [0.25, 0.3) is 0 Å². The fourth-order valence-corrected chi connectivity index (χ4v) is 3.01. The lowest BCUT2D eigenvalue weighted by Gasteiger charge is -2.21. The van der Waals surface area contributed by atoms with Gasteiger partial charge in [-0.15, -0.1) is 0 Å². The minimum atomic E-state index is -1.06. The molecule has 1 fully saturated rings. The zero-order valence-electron chi connectivity index (χ0n) is 9.98. The summed E-state index contributed by atoms with van der Waals surface area (Å²) in [6.45, 7) is 0.00158. The van der Waals surface area contributed by atoms with Crippen molar-refractivity contribution in [2.45, 2.75) is 25.3 Å². The fourth-order valence-electron chi connectivity index (χ4n) is 1.81. The van der Waals surface area contributed by atoms with Crippen LogP contribution in [0.25, 0.3) is 0 Å². The normalized spacial score (nSPS) is 18.6. The third kappa shape index (κ3) is 5.41. The second kappa shape index (κ2) is 7.55. The number of thioether (sulfide) groups is 1. The Morgan fingerprint density at radius 2 is 2.12 bits per heavy atom. The van der Waals surface area contributed by atoms with Gasteiger partial charge in [0.05, 0.1) is 6.61 Å². The summed E-state index contributed by atoms with van der Waals surface area (Å²) >= 11 is 1.91. The maximum atomic E-state index is 11.7. The molecule has 1 heterocycles. The van der Waals surface area contributed by atoms with E-state index in [1.807, 2.05) is 11.8 Å². The molecule has 1 amide bonds. The quantitative estimate of drug-likeness (QED) is 0.737. The van der Waals surface area contributed by atoms with Crippen molar-refractivity contribution in [2.75, 3.05) is 25.2 Å². The van der Waals surface area contributed by atoms with Crippen LogP contribution in [0.2, 0.25) is 0 Å². The average molecular weight is 261 g/mol. The maximum Gasteiger partial charge on any atom is 0.328 e. The number of hydrogen-bond donors (Lipinski definition) is 2. The number of rotatable bonds is 6. The lowest BCUT2D eigenvalue weighted by Crippen LogP contribution is -2.44. The molecule has 0 saturated carbocycles. The first-order chi connectivity index (χ1) is 8.13. The Morgan fingerprint density at radius 1 is 1.47 bits per heavy atom. The van der Waals surface area contributed by atoms with Crippen LogP contribution in [0.3, 0.4) is 0 Å². The highest BCUT2D eigenvalue weighted by Crippen LogP contribution is 2.25. The Kier molecular flexibility index (Phi) is 6.36. The molecule has 0 aromatic rings. The smallest absolute Gasteiger partial charge is 0.328 e. The van der Waals surface area contributed by atoms with Crippen molar-refractivity contribution < 1.29 is 19.4 Å². The summed E-state index contributed by atoms with van der Waals surface area (Å²) in [5.74, 6) is 1.34. The molecule has 17 heavy (non-hydrogen) atoms. The van der Waals surface area contributed by atoms with Gasteiger partial charge in [-0.05, 0) is 30.3 Å². The number of hydrogen-bond acceptors (Lipinski definition) is 4. The fraction of sp³-hybridized carbons (Fsp3) is 0.818. The van der Waals surface area contributed by atoms with Crippen LogP contribution >= 0.6 is 11.8 Å². The first-order valence-electron chi connectivity index (χ1n) is 5.72. The van der Waals surface area contributed by atoms with Gasteiger partial charge in [-0.25, -0.2) is 4.79 Å². The number of nitrogens with one attached hydrogen (secondary N) is 1. The monoisotopic (exact) mass is 261 g/mol. The molecular formula is C11H19NO4S. The van der Waals surface area contributed by atoms with E-state index in [2.05, 4.69) is 5.32 Å². The first-order valence-corrected chi connectivity index (χ1v) is 6.87. The van der Waals surface area contributed by atoms with Gasteiger partial charge in [0.1, 0.15) is 0 Å². The molecule has 1 unspecified atom stereocenters. The number of carbonyl (C=O) groups is 2. The van der Waals surface area contributed by atoms with E-state index < -0.39 is 12.0 Å². The third-order valence-electron chi connectivity index (χ3n) is 2.78. The minimum Gasteiger partial charge on any atom is -0.480 e. The van der Waals surface area contributed by atoms with Crippen LogP contribution in [-0.2, 0) is 14.3 Å². The summed E-state index contributed by atoms with van der Waals surface area (Å²) in [6, 6.07) is -0.939. The topological polar surface area (TPSA) is 75.6 Å². The van der Waals surface area contributed by atoms with Gasteiger partial charge in [-0.1, -0.05) is 0 Å². The van der Waals surface area contributed by atoms with Crippen LogP contribution in [0.4, 0.5) is 0 Å². The van der Waals surface area contributed by atoms with Crippen molar-refractivity contribution >= 4 is 23.6 Å². The molecule has 1 rings (SSSR count). The molecule has 5 nitrogen and oxygen atoms in total. The number of carbonyl (C=O) groups excluding carboxylic acids is 1. The molecule has 1 saturated heterocycles. The number of carboxylic acid groups (broad SMARTS) is 1. The van der Waals surface area contributed by atoms with E-state index in [1.165, 1.54) is 7.11 Å². The SMILES string of the molecule is COCC(NC(=O)CC1CCSCC1)C(=O)O. The number of carboxylic acids is 1. The van der Waals surface area contributed by atoms with Crippen LogP contribution < -0.4 is 5.32 Å². The maximum absolute atomic E-state index is 11.7. The Hall–Kier alpha value is -0.750. The Morgan fingerprint density at radius 3 is 2.65 bits per heavy atom. The molecule has 0 aromatic carbocycles. The number of methoxy groups -OCH3 is 1. The van der Waals surface area contributed by atoms with Crippen molar-refractivity contribution in [3.05, 3.63) is 0 Å². The minimum absolute atomic E-state index is 0.00158. The van der Waals surface area contributed by atoms with Crippen molar-refractivity contribution in [3.63, 3.8) is 0 Å². The summed E-state index contributed by atoms with van der Waals surface area (Å²) in [7, 11) is 1.42. The molecule has 1 aliphatic rings. The van der Waals surface area contributed by atoms with E-state index in [-0.39, 0.29) is 12.5 Å². The highest BCUT2D eigenvalue weighted by atomic mass is 32.2. The molecular weight excluding hydrogens is 242 g/mol. The zero-order valence-corrected chi connectivity index (χ0v) is 10.8. The molecule has 2 N–H and O–H groups in total. The Bertz CT molecular complexity index is 266. The second-order valence-corrected chi connectivity index (χ2v) is 5.40. The summed E-state index contributed by atoms with van der Waals surface area (Å²) < 4.78 is 4.76. The van der Waals surface area contributed by atoms with E-state index in [1.54, 1.807) is 0 Å². The molecule has 0 aromatic heterocycles. The van der Waals surface area contributed by atoms with Crippen molar-refractivity contribution in [2.24, 2.45) is 5.92 Å². The largest absolute Gasteiger partial charge is 0.480 e. The molecule has 1 aliphatic heterocycles. The number of ether oxygens (including phenoxy) is 1. The Balaban J connectivity index is 2.33. The van der Waals surface area contributed by atoms with Gasteiger partial charge in [0.15, 0.2) is 6.04 Å². The van der Waals surface area contributed by atoms with Crippen molar-refractivity contribution in [3.8, 4) is 0 Å². The third-order valence-corrected chi connectivity index (χ3v) is 3.83. The van der Waals surface area contributed by atoms with Crippen LogP contribution in [0, 0.1) is 5.92 Å². The van der Waals surface area contributed by atoms with Crippen LogP contribution in [0.15, 0.2) is 0 Å². The van der Waals surface area contributed by atoms with Gasteiger partial charge in [-0.3, -0.25) is 4.79 Å². The lowest BCUT2D eigenvalue weighted by atomic mass is 9.98.